The highest BCUT2D eigenvalue weighted by Crippen LogP contribution is 2.32. The van der Waals surface area contributed by atoms with Crippen LogP contribution in [0.15, 0.2) is 54.6 Å². The molecular formula is C19H22F3NO. The van der Waals surface area contributed by atoms with Crippen molar-refractivity contribution in [3.05, 3.63) is 65.7 Å². The Morgan fingerprint density at radius 3 is 2.25 bits per heavy atom. The van der Waals surface area contributed by atoms with Gasteiger partial charge < -0.3 is 10.1 Å². The third kappa shape index (κ3) is 5.57. The summed E-state index contributed by atoms with van der Waals surface area (Å²) in [5.41, 5.74) is 0.354. The Balaban J connectivity index is 2.07. The molecule has 0 bridgehead atoms. The molecule has 0 fully saturated rings. The number of rotatable bonds is 8. The molecule has 2 aromatic rings. The molecule has 24 heavy (non-hydrogen) atoms. The fraction of sp³-hybridized carbons (Fsp3) is 0.368. The second-order valence-electron chi connectivity index (χ2n) is 5.54. The predicted octanol–water partition coefficient (Wildman–Crippen LogP) is 5.22. The summed E-state index contributed by atoms with van der Waals surface area (Å²) in [6.45, 7) is 3.85. The van der Waals surface area contributed by atoms with E-state index in [-0.39, 0.29) is 6.10 Å². The highest BCUT2D eigenvalue weighted by molar-refractivity contribution is 5.30. The van der Waals surface area contributed by atoms with Crippen molar-refractivity contribution in [2.24, 2.45) is 0 Å². The molecule has 2 aromatic carbocycles. The van der Waals surface area contributed by atoms with Gasteiger partial charge in [-0.1, -0.05) is 37.3 Å². The third-order valence-corrected chi connectivity index (χ3v) is 3.70. The largest absolute Gasteiger partial charge is 0.486 e. The molecule has 0 aliphatic rings. The van der Waals surface area contributed by atoms with Crippen LogP contribution < -0.4 is 10.1 Å². The summed E-state index contributed by atoms with van der Waals surface area (Å²) in [4.78, 5) is 0. The number of nitrogens with one attached hydrogen (secondary N) is 1. The summed E-state index contributed by atoms with van der Waals surface area (Å²) in [6.07, 6.45) is -2.79. The molecule has 1 atom stereocenters. The van der Waals surface area contributed by atoms with E-state index in [0.29, 0.717) is 5.75 Å². The Morgan fingerprint density at radius 1 is 1.00 bits per heavy atom. The summed E-state index contributed by atoms with van der Waals surface area (Å²) in [6, 6.07) is 14.6. The first-order chi connectivity index (χ1) is 11.5. The zero-order valence-electron chi connectivity index (χ0n) is 13.6. The second-order valence-corrected chi connectivity index (χ2v) is 5.54. The summed E-state index contributed by atoms with van der Waals surface area (Å²) in [7, 11) is 0. The van der Waals surface area contributed by atoms with Gasteiger partial charge in [-0.15, -0.1) is 0 Å². The van der Waals surface area contributed by atoms with Gasteiger partial charge in [0.15, 0.2) is 0 Å². The topological polar surface area (TPSA) is 21.3 Å². The van der Waals surface area contributed by atoms with Crippen LogP contribution in [0.25, 0.3) is 0 Å². The average Bonchev–Trinajstić information content (AvgIpc) is 2.58. The highest BCUT2D eigenvalue weighted by Gasteiger charge is 2.30. The number of hydrogen-bond donors (Lipinski definition) is 1. The lowest BCUT2D eigenvalue weighted by molar-refractivity contribution is -0.137. The smallest absolute Gasteiger partial charge is 0.416 e. The molecule has 1 N–H and O–H groups in total. The SMILES string of the molecule is CCNCCCC(Oc1ccc(C(F)(F)F)cc1)c1ccccc1. The van der Waals surface area contributed by atoms with Crippen LogP contribution in [0, 0.1) is 0 Å². The van der Waals surface area contributed by atoms with Crippen molar-refractivity contribution >= 4 is 0 Å². The monoisotopic (exact) mass is 337 g/mol. The Labute approximate surface area is 140 Å². The fourth-order valence-electron chi connectivity index (χ4n) is 2.44. The molecular weight excluding hydrogens is 315 g/mol. The second kappa shape index (κ2) is 8.73. The van der Waals surface area contributed by atoms with Crippen molar-refractivity contribution in [1.82, 2.24) is 5.32 Å². The van der Waals surface area contributed by atoms with Gasteiger partial charge in [0.1, 0.15) is 11.9 Å². The number of halogens is 3. The maximum atomic E-state index is 12.6. The maximum absolute atomic E-state index is 12.6. The van der Waals surface area contributed by atoms with Crippen molar-refractivity contribution < 1.29 is 17.9 Å². The van der Waals surface area contributed by atoms with Crippen molar-refractivity contribution in [2.75, 3.05) is 13.1 Å². The molecule has 0 aromatic heterocycles. The van der Waals surface area contributed by atoms with E-state index in [9.17, 15) is 13.2 Å². The summed E-state index contributed by atoms with van der Waals surface area (Å²) in [5.74, 6) is 0.445. The highest BCUT2D eigenvalue weighted by atomic mass is 19.4. The van der Waals surface area contributed by atoms with E-state index in [4.69, 9.17) is 4.74 Å². The first-order valence-electron chi connectivity index (χ1n) is 8.10. The molecule has 0 aliphatic carbocycles. The Kier molecular flexibility index (Phi) is 6.67. The number of alkyl halides is 3. The van der Waals surface area contributed by atoms with Crippen LogP contribution in [0.3, 0.4) is 0 Å². The molecule has 1 unspecified atom stereocenters. The van der Waals surface area contributed by atoms with Gasteiger partial charge in [0, 0.05) is 0 Å². The minimum atomic E-state index is -4.33. The van der Waals surface area contributed by atoms with Gasteiger partial charge >= 0.3 is 6.18 Å². The number of benzene rings is 2. The molecule has 130 valence electrons. The van der Waals surface area contributed by atoms with Crippen molar-refractivity contribution in [2.45, 2.75) is 32.0 Å². The van der Waals surface area contributed by atoms with Crippen LogP contribution in [0.2, 0.25) is 0 Å². The molecule has 0 heterocycles. The molecule has 5 heteroatoms. The quantitative estimate of drug-likeness (QED) is 0.667. The first-order valence-corrected chi connectivity index (χ1v) is 8.10. The van der Waals surface area contributed by atoms with Crippen LogP contribution >= 0.6 is 0 Å². The van der Waals surface area contributed by atoms with Crippen LogP contribution in [0.4, 0.5) is 13.2 Å². The van der Waals surface area contributed by atoms with Crippen LogP contribution in [-0.4, -0.2) is 13.1 Å². The van der Waals surface area contributed by atoms with Crippen LogP contribution in [0.5, 0.6) is 5.75 Å². The van der Waals surface area contributed by atoms with E-state index in [2.05, 4.69) is 5.32 Å². The minimum absolute atomic E-state index is 0.179. The minimum Gasteiger partial charge on any atom is -0.486 e. The number of hydrogen-bond acceptors (Lipinski definition) is 2. The zero-order chi connectivity index (χ0) is 17.4. The molecule has 2 rings (SSSR count). The Bertz CT molecular complexity index is 596. The van der Waals surface area contributed by atoms with Gasteiger partial charge in [0.2, 0.25) is 0 Å². The van der Waals surface area contributed by atoms with E-state index in [1.165, 1.54) is 12.1 Å². The molecule has 0 saturated heterocycles. The molecule has 0 saturated carbocycles. The third-order valence-electron chi connectivity index (χ3n) is 3.70. The summed E-state index contributed by atoms with van der Waals surface area (Å²) >= 11 is 0. The lowest BCUT2D eigenvalue weighted by Crippen LogP contribution is -2.16. The lowest BCUT2D eigenvalue weighted by atomic mass is 10.0. The number of ether oxygens (including phenoxy) is 1. The van der Waals surface area contributed by atoms with E-state index in [1.54, 1.807) is 0 Å². The molecule has 2 nitrogen and oxygen atoms in total. The van der Waals surface area contributed by atoms with E-state index in [0.717, 1.165) is 43.6 Å². The normalized spacial score (nSPS) is 12.8. The van der Waals surface area contributed by atoms with Crippen molar-refractivity contribution in [3.63, 3.8) is 0 Å². The zero-order valence-corrected chi connectivity index (χ0v) is 13.6. The van der Waals surface area contributed by atoms with Gasteiger partial charge in [0.25, 0.3) is 0 Å². The Hall–Kier alpha value is -2.01. The molecule has 0 spiro atoms. The van der Waals surface area contributed by atoms with E-state index in [1.807, 2.05) is 37.3 Å². The molecule has 0 amide bonds. The lowest BCUT2D eigenvalue weighted by Gasteiger charge is -2.20. The summed E-state index contributed by atoms with van der Waals surface area (Å²) in [5, 5.41) is 3.26. The van der Waals surface area contributed by atoms with Gasteiger partial charge in [-0.25, -0.2) is 0 Å². The average molecular weight is 337 g/mol. The van der Waals surface area contributed by atoms with Crippen LogP contribution in [0.1, 0.15) is 37.0 Å². The van der Waals surface area contributed by atoms with Gasteiger partial charge in [-0.05, 0) is 55.8 Å². The van der Waals surface area contributed by atoms with Crippen molar-refractivity contribution in [3.8, 4) is 5.75 Å². The molecule has 0 aliphatic heterocycles. The standard InChI is InChI=1S/C19H22F3NO/c1-2-23-14-6-9-18(15-7-4-3-5-8-15)24-17-12-10-16(11-13-17)19(20,21)22/h3-5,7-8,10-13,18,23H,2,6,9,14H2,1H3. The van der Waals surface area contributed by atoms with Crippen molar-refractivity contribution in [1.29, 1.82) is 0 Å². The predicted molar refractivity (Wildman–Crippen MR) is 89.0 cm³/mol. The van der Waals surface area contributed by atoms with Gasteiger partial charge in [-0.3, -0.25) is 0 Å². The van der Waals surface area contributed by atoms with Crippen LogP contribution in [-0.2, 0) is 6.18 Å². The van der Waals surface area contributed by atoms with E-state index >= 15 is 0 Å². The van der Waals surface area contributed by atoms with Gasteiger partial charge in [-0.2, -0.15) is 13.2 Å². The fourth-order valence-corrected chi connectivity index (χ4v) is 2.44. The summed E-state index contributed by atoms with van der Waals surface area (Å²) < 4.78 is 43.9. The van der Waals surface area contributed by atoms with E-state index < -0.39 is 11.7 Å². The maximum Gasteiger partial charge on any atom is 0.416 e. The molecule has 0 radical (unpaired) electrons. The van der Waals surface area contributed by atoms with Gasteiger partial charge in [0.05, 0.1) is 5.56 Å². The first kappa shape index (κ1) is 18.3. The Morgan fingerprint density at radius 2 is 1.67 bits per heavy atom.